The zero-order valence-corrected chi connectivity index (χ0v) is 13.0. The van der Waals surface area contributed by atoms with Gasteiger partial charge in [0.2, 0.25) is 5.91 Å². The number of rotatable bonds is 3. The fourth-order valence-electron chi connectivity index (χ4n) is 3.14. The summed E-state index contributed by atoms with van der Waals surface area (Å²) >= 11 is 1.61. The van der Waals surface area contributed by atoms with E-state index in [0.717, 1.165) is 58.9 Å². The number of hydrogen-bond donors (Lipinski definition) is 1. The maximum atomic E-state index is 11.2. The van der Waals surface area contributed by atoms with Crippen LogP contribution in [0.2, 0.25) is 0 Å². The fraction of sp³-hybridized carbons (Fsp3) is 0.667. The second-order valence-electron chi connectivity index (χ2n) is 6.04. The maximum absolute atomic E-state index is 11.2. The van der Waals surface area contributed by atoms with Crippen molar-refractivity contribution < 1.29 is 14.3 Å². The number of ether oxygens (including phenoxy) is 2. The molecule has 0 saturated carbocycles. The van der Waals surface area contributed by atoms with E-state index in [2.05, 4.69) is 4.90 Å². The predicted octanol–water partition coefficient (Wildman–Crippen LogP) is 1.48. The molecule has 2 aliphatic heterocycles. The van der Waals surface area contributed by atoms with Gasteiger partial charge in [-0.2, -0.15) is 0 Å². The molecule has 5 nitrogen and oxygen atoms in total. The van der Waals surface area contributed by atoms with Gasteiger partial charge in [0, 0.05) is 48.5 Å². The van der Waals surface area contributed by atoms with Crippen LogP contribution < -0.4 is 5.73 Å². The molecule has 1 amide bonds. The van der Waals surface area contributed by atoms with Crippen molar-refractivity contribution in [2.75, 3.05) is 39.5 Å². The molecule has 2 fully saturated rings. The maximum Gasteiger partial charge on any atom is 0.249 e. The van der Waals surface area contributed by atoms with E-state index in [-0.39, 0.29) is 11.3 Å². The number of carbonyl (C=O) groups excluding carboxylic acids is 1. The first-order valence-corrected chi connectivity index (χ1v) is 8.30. The van der Waals surface area contributed by atoms with Crippen LogP contribution in [-0.2, 0) is 16.0 Å². The van der Waals surface area contributed by atoms with Crippen LogP contribution in [0.1, 0.15) is 28.1 Å². The summed E-state index contributed by atoms with van der Waals surface area (Å²) in [5.41, 5.74) is 6.16. The Hall–Kier alpha value is -0.950. The Morgan fingerprint density at radius 2 is 2.14 bits per heavy atom. The fourth-order valence-corrected chi connectivity index (χ4v) is 4.05. The average molecular weight is 310 g/mol. The Bertz CT molecular complexity index is 497. The summed E-state index contributed by atoms with van der Waals surface area (Å²) in [4.78, 5) is 14.8. The largest absolute Gasteiger partial charge is 0.381 e. The van der Waals surface area contributed by atoms with Crippen molar-refractivity contribution in [2.24, 2.45) is 11.1 Å². The van der Waals surface area contributed by atoms with Crippen LogP contribution in [0.4, 0.5) is 0 Å². The standard InChI is InChI=1S/C15H22N2O3S/c16-14(18)12-7-13(21-9-12)8-17-3-6-20-11-15(10-17)1-4-19-5-2-15/h7,9H,1-6,8,10-11H2,(H2,16,18). The van der Waals surface area contributed by atoms with Crippen LogP contribution >= 0.6 is 11.3 Å². The highest BCUT2D eigenvalue weighted by Crippen LogP contribution is 2.34. The lowest BCUT2D eigenvalue weighted by molar-refractivity contribution is -0.0319. The Balaban J connectivity index is 1.67. The zero-order chi connectivity index (χ0) is 14.7. The number of carbonyl (C=O) groups is 1. The van der Waals surface area contributed by atoms with Crippen molar-refractivity contribution >= 4 is 17.2 Å². The van der Waals surface area contributed by atoms with Gasteiger partial charge in [0.15, 0.2) is 0 Å². The van der Waals surface area contributed by atoms with E-state index in [1.807, 2.05) is 11.4 Å². The molecule has 0 aliphatic carbocycles. The molecule has 21 heavy (non-hydrogen) atoms. The predicted molar refractivity (Wildman–Crippen MR) is 81.4 cm³/mol. The summed E-state index contributed by atoms with van der Waals surface area (Å²) in [5.74, 6) is -0.349. The third-order valence-corrected chi connectivity index (χ3v) is 5.31. The molecular formula is C15H22N2O3S. The van der Waals surface area contributed by atoms with Gasteiger partial charge in [0.05, 0.1) is 18.8 Å². The molecule has 0 aromatic carbocycles. The number of thiophene rings is 1. The van der Waals surface area contributed by atoms with Gasteiger partial charge in [-0.1, -0.05) is 0 Å². The highest BCUT2D eigenvalue weighted by atomic mass is 32.1. The van der Waals surface area contributed by atoms with Crippen LogP contribution in [-0.4, -0.2) is 50.3 Å². The number of nitrogens with zero attached hydrogens (tertiary/aromatic N) is 1. The van der Waals surface area contributed by atoms with Gasteiger partial charge >= 0.3 is 0 Å². The van der Waals surface area contributed by atoms with Gasteiger partial charge in [0.1, 0.15) is 0 Å². The Kier molecular flexibility index (Phi) is 4.59. The first kappa shape index (κ1) is 15.0. The Labute approximate surface area is 129 Å². The van der Waals surface area contributed by atoms with E-state index < -0.39 is 0 Å². The number of nitrogens with two attached hydrogens (primary N) is 1. The van der Waals surface area contributed by atoms with E-state index in [4.69, 9.17) is 15.2 Å². The zero-order valence-electron chi connectivity index (χ0n) is 12.2. The molecule has 2 N–H and O–H groups in total. The van der Waals surface area contributed by atoms with E-state index in [0.29, 0.717) is 5.56 Å². The van der Waals surface area contributed by atoms with Crippen molar-refractivity contribution in [1.29, 1.82) is 0 Å². The van der Waals surface area contributed by atoms with E-state index >= 15 is 0 Å². The van der Waals surface area contributed by atoms with Gasteiger partial charge in [-0.15, -0.1) is 11.3 Å². The second kappa shape index (κ2) is 6.44. The van der Waals surface area contributed by atoms with Crippen molar-refractivity contribution in [1.82, 2.24) is 4.90 Å². The molecular weight excluding hydrogens is 288 g/mol. The Morgan fingerprint density at radius 3 is 2.86 bits per heavy atom. The lowest BCUT2D eigenvalue weighted by Crippen LogP contribution is -2.42. The molecule has 3 heterocycles. The molecule has 2 saturated heterocycles. The molecule has 0 atom stereocenters. The second-order valence-corrected chi connectivity index (χ2v) is 7.04. The summed E-state index contributed by atoms with van der Waals surface area (Å²) in [7, 11) is 0. The van der Waals surface area contributed by atoms with Gasteiger partial charge in [0.25, 0.3) is 0 Å². The molecule has 1 aromatic rings. The molecule has 0 bridgehead atoms. The lowest BCUT2D eigenvalue weighted by Gasteiger charge is -2.38. The summed E-state index contributed by atoms with van der Waals surface area (Å²) in [6.07, 6.45) is 2.14. The quantitative estimate of drug-likeness (QED) is 0.918. The van der Waals surface area contributed by atoms with E-state index in [9.17, 15) is 4.79 Å². The van der Waals surface area contributed by atoms with Crippen LogP contribution in [0, 0.1) is 5.41 Å². The third kappa shape index (κ3) is 3.63. The SMILES string of the molecule is NC(=O)c1csc(CN2CCOCC3(CCOCC3)C2)c1. The van der Waals surface area contributed by atoms with Gasteiger partial charge in [-0.25, -0.2) is 0 Å². The highest BCUT2D eigenvalue weighted by molar-refractivity contribution is 7.10. The van der Waals surface area contributed by atoms with Gasteiger partial charge in [-0.3, -0.25) is 9.69 Å². The molecule has 116 valence electrons. The summed E-state index contributed by atoms with van der Waals surface area (Å²) in [6, 6.07) is 1.91. The lowest BCUT2D eigenvalue weighted by atomic mass is 9.80. The molecule has 6 heteroatoms. The molecule has 1 spiro atoms. The average Bonchev–Trinajstić information content (AvgIpc) is 2.85. The van der Waals surface area contributed by atoms with Crippen LogP contribution in [0.15, 0.2) is 11.4 Å². The molecule has 2 aliphatic rings. The molecule has 0 radical (unpaired) electrons. The normalized spacial score (nSPS) is 23.0. The minimum atomic E-state index is -0.349. The third-order valence-electron chi connectivity index (χ3n) is 4.39. The van der Waals surface area contributed by atoms with Crippen LogP contribution in [0.3, 0.4) is 0 Å². The topological polar surface area (TPSA) is 64.8 Å². The summed E-state index contributed by atoms with van der Waals surface area (Å²) in [6.45, 7) is 6.13. The van der Waals surface area contributed by atoms with Crippen molar-refractivity contribution in [2.45, 2.75) is 19.4 Å². The molecule has 3 rings (SSSR count). The minimum absolute atomic E-state index is 0.235. The van der Waals surface area contributed by atoms with Crippen molar-refractivity contribution in [3.05, 3.63) is 21.9 Å². The number of amides is 1. The Morgan fingerprint density at radius 1 is 1.33 bits per heavy atom. The molecule has 1 aromatic heterocycles. The smallest absolute Gasteiger partial charge is 0.249 e. The minimum Gasteiger partial charge on any atom is -0.381 e. The number of hydrogen-bond acceptors (Lipinski definition) is 5. The summed E-state index contributed by atoms with van der Waals surface area (Å²) in [5, 5.41) is 1.84. The van der Waals surface area contributed by atoms with Crippen LogP contribution in [0.5, 0.6) is 0 Å². The first-order chi connectivity index (χ1) is 10.2. The van der Waals surface area contributed by atoms with Crippen molar-refractivity contribution in [3.63, 3.8) is 0 Å². The van der Waals surface area contributed by atoms with E-state index in [1.54, 1.807) is 11.3 Å². The van der Waals surface area contributed by atoms with Crippen molar-refractivity contribution in [3.8, 4) is 0 Å². The monoisotopic (exact) mass is 310 g/mol. The number of primary amides is 1. The highest BCUT2D eigenvalue weighted by Gasteiger charge is 2.36. The van der Waals surface area contributed by atoms with Crippen LogP contribution in [0.25, 0.3) is 0 Å². The summed E-state index contributed by atoms with van der Waals surface area (Å²) < 4.78 is 11.3. The van der Waals surface area contributed by atoms with E-state index in [1.165, 1.54) is 4.88 Å². The van der Waals surface area contributed by atoms with Gasteiger partial charge in [-0.05, 0) is 18.9 Å². The van der Waals surface area contributed by atoms with Gasteiger partial charge < -0.3 is 15.2 Å². The first-order valence-electron chi connectivity index (χ1n) is 7.42. The molecule has 0 unspecified atom stereocenters.